The highest BCUT2D eigenvalue weighted by atomic mass is 16.7. The fourth-order valence-electron chi connectivity index (χ4n) is 2.05. The number of methoxy groups -OCH3 is 2. The molecule has 0 aliphatic rings. The van der Waals surface area contributed by atoms with Gasteiger partial charge in [-0.3, -0.25) is 0 Å². The molecule has 0 saturated heterocycles. The number of aliphatic hydroxyl groups is 1. The van der Waals surface area contributed by atoms with Crippen LogP contribution in [0.5, 0.6) is 0 Å². The van der Waals surface area contributed by atoms with Crippen LogP contribution in [0.3, 0.4) is 0 Å². The molecule has 1 atom stereocenters. The summed E-state index contributed by atoms with van der Waals surface area (Å²) in [6.07, 6.45) is 0.677. The second-order valence-corrected chi connectivity index (χ2v) is 5.20. The lowest BCUT2D eigenvalue weighted by atomic mass is 9.91. The summed E-state index contributed by atoms with van der Waals surface area (Å²) in [6, 6.07) is 6.27. The highest BCUT2D eigenvalue weighted by molar-refractivity contribution is 5.30. The first-order chi connectivity index (χ1) is 8.38. The number of aryl methyl sites for hydroxylation is 2. The number of hydrogen-bond acceptors (Lipinski definition) is 3. The number of rotatable bonds is 6. The zero-order chi connectivity index (χ0) is 13.8. The van der Waals surface area contributed by atoms with Gasteiger partial charge in [0.15, 0.2) is 6.29 Å². The first-order valence-electron chi connectivity index (χ1n) is 6.22. The van der Waals surface area contributed by atoms with Crippen LogP contribution in [0.1, 0.15) is 30.0 Å². The second-order valence-electron chi connectivity index (χ2n) is 5.20. The van der Waals surface area contributed by atoms with E-state index in [1.807, 2.05) is 6.92 Å². The third-order valence-corrected chi connectivity index (χ3v) is 3.29. The quantitative estimate of drug-likeness (QED) is 0.791. The van der Waals surface area contributed by atoms with Crippen LogP contribution in [-0.4, -0.2) is 31.2 Å². The van der Waals surface area contributed by atoms with Gasteiger partial charge >= 0.3 is 0 Å². The molecule has 0 aliphatic heterocycles. The molecule has 3 heteroatoms. The Bertz CT molecular complexity index is 381. The molecular weight excluding hydrogens is 228 g/mol. The summed E-state index contributed by atoms with van der Waals surface area (Å²) in [4.78, 5) is 0. The van der Waals surface area contributed by atoms with Gasteiger partial charge in [0.1, 0.15) is 0 Å². The molecule has 1 unspecified atom stereocenters. The van der Waals surface area contributed by atoms with Crippen LogP contribution in [0.4, 0.5) is 0 Å². The number of hydrogen-bond donors (Lipinski definition) is 1. The standard InChI is InChI=1S/C15H24O3/c1-11-6-7-13(8-12(11)2)9-15(3,16)10-14(17-4)18-5/h6-8,14,16H,9-10H2,1-5H3. The minimum absolute atomic E-state index is 0.369. The van der Waals surface area contributed by atoms with Crippen molar-refractivity contribution in [1.29, 1.82) is 0 Å². The van der Waals surface area contributed by atoms with Gasteiger partial charge < -0.3 is 14.6 Å². The van der Waals surface area contributed by atoms with Crippen molar-refractivity contribution >= 4 is 0 Å². The molecule has 0 fully saturated rings. The van der Waals surface area contributed by atoms with Crippen LogP contribution >= 0.6 is 0 Å². The van der Waals surface area contributed by atoms with Gasteiger partial charge in [0.2, 0.25) is 0 Å². The third kappa shape index (κ3) is 4.41. The molecule has 1 N–H and O–H groups in total. The minimum atomic E-state index is -0.835. The van der Waals surface area contributed by atoms with Crippen molar-refractivity contribution < 1.29 is 14.6 Å². The predicted octanol–water partition coefficient (Wildman–Crippen LogP) is 2.61. The lowest BCUT2D eigenvalue weighted by Crippen LogP contribution is -2.34. The first kappa shape index (κ1) is 15.2. The first-order valence-corrected chi connectivity index (χ1v) is 6.22. The van der Waals surface area contributed by atoms with Gasteiger partial charge in [0.25, 0.3) is 0 Å². The number of benzene rings is 1. The highest BCUT2D eigenvalue weighted by Crippen LogP contribution is 2.21. The Morgan fingerprint density at radius 1 is 1.17 bits per heavy atom. The Balaban J connectivity index is 2.72. The molecule has 0 radical (unpaired) electrons. The van der Waals surface area contributed by atoms with Crippen LogP contribution in [0.2, 0.25) is 0 Å². The average Bonchev–Trinajstić information content (AvgIpc) is 2.30. The Morgan fingerprint density at radius 2 is 1.78 bits per heavy atom. The molecule has 1 aromatic carbocycles. The van der Waals surface area contributed by atoms with Gasteiger partial charge in [-0.25, -0.2) is 0 Å². The molecule has 1 aromatic rings. The Kier molecular flexibility index (Phi) is 5.32. The van der Waals surface area contributed by atoms with Gasteiger partial charge in [0.05, 0.1) is 5.60 Å². The molecule has 0 aromatic heterocycles. The molecule has 0 heterocycles. The van der Waals surface area contributed by atoms with Crippen molar-refractivity contribution in [1.82, 2.24) is 0 Å². The Labute approximate surface area is 110 Å². The van der Waals surface area contributed by atoms with Crippen molar-refractivity contribution in [3.8, 4) is 0 Å². The van der Waals surface area contributed by atoms with Gasteiger partial charge in [-0.1, -0.05) is 18.2 Å². The molecular formula is C15H24O3. The van der Waals surface area contributed by atoms with E-state index in [0.717, 1.165) is 5.56 Å². The fraction of sp³-hybridized carbons (Fsp3) is 0.600. The molecule has 1 rings (SSSR count). The van der Waals surface area contributed by atoms with E-state index in [4.69, 9.17) is 9.47 Å². The average molecular weight is 252 g/mol. The topological polar surface area (TPSA) is 38.7 Å². The van der Waals surface area contributed by atoms with Crippen molar-refractivity contribution in [2.45, 2.75) is 45.5 Å². The van der Waals surface area contributed by atoms with Gasteiger partial charge in [-0.2, -0.15) is 0 Å². The summed E-state index contributed by atoms with van der Waals surface area (Å²) in [5, 5.41) is 10.4. The van der Waals surface area contributed by atoms with E-state index in [9.17, 15) is 5.11 Å². The SMILES string of the molecule is COC(CC(C)(O)Cc1ccc(C)c(C)c1)OC. The van der Waals surface area contributed by atoms with Crippen molar-refractivity contribution in [2.75, 3.05) is 14.2 Å². The van der Waals surface area contributed by atoms with Crippen molar-refractivity contribution in [3.63, 3.8) is 0 Å². The zero-order valence-corrected chi connectivity index (χ0v) is 12.0. The maximum absolute atomic E-state index is 10.4. The summed E-state index contributed by atoms with van der Waals surface area (Å²) in [5.41, 5.74) is 2.82. The molecule has 0 spiro atoms. The molecule has 0 bridgehead atoms. The zero-order valence-electron chi connectivity index (χ0n) is 12.0. The smallest absolute Gasteiger partial charge is 0.159 e. The maximum atomic E-state index is 10.4. The summed E-state index contributed by atoms with van der Waals surface area (Å²) < 4.78 is 10.3. The lowest BCUT2D eigenvalue weighted by Gasteiger charge is -2.27. The van der Waals surface area contributed by atoms with Crippen LogP contribution in [0.25, 0.3) is 0 Å². The van der Waals surface area contributed by atoms with Crippen LogP contribution in [0, 0.1) is 13.8 Å². The molecule has 0 saturated carbocycles. The summed E-state index contributed by atoms with van der Waals surface area (Å²) in [7, 11) is 3.17. The molecule has 0 amide bonds. The van der Waals surface area contributed by atoms with E-state index >= 15 is 0 Å². The second kappa shape index (κ2) is 6.32. The van der Waals surface area contributed by atoms with Crippen LogP contribution < -0.4 is 0 Å². The maximum Gasteiger partial charge on any atom is 0.159 e. The summed E-state index contributed by atoms with van der Waals surface area (Å²) in [5.74, 6) is 0. The molecule has 102 valence electrons. The van der Waals surface area contributed by atoms with Gasteiger partial charge in [-0.15, -0.1) is 0 Å². The molecule has 18 heavy (non-hydrogen) atoms. The number of ether oxygens (including phenoxy) is 2. The summed E-state index contributed by atoms with van der Waals surface area (Å²) >= 11 is 0. The minimum Gasteiger partial charge on any atom is -0.390 e. The Hall–Kier alpha value is -0.900. The largest absolute Gasteiger partial charge is 0.390 e. The van der Waals surface area contributed by atoms with Crippen LogP contribution in [-0.2, 0) is 15.9 Å². The van der Waals surface area contributed by atoms with E-state index < -0.39 is 5.60 Å². The monoisotopic (exact) mass is 252 g/mol. The van der Waals surface area contributed by atoms with Crippen molar-refractivity contribution in [2.24, 2.45) is 0 Å². The van der Waals surface area contributed by atoms with E-state index in [1.54, 1.807) is 14.2 Å². The highest BCUT2D eigenvalue weighted by Gasteiger charge is 2.26. The molecule has 0 aliphatic carbocycles. The van der Waals surface area contributed by atoms with Gasteiger partial charge in [0, 0.05) is 27.1 Å². The van der Waals surface area contributed by atoms with Crippen LogP contribution in [0.15, 0.2) is 18.2 Å². The lowest BCUT2D eigenvalue weighted by molar-refractivity contribution is -0.139. The normalized spacial score (nSPS) is 14.8. The van der Waals surface area contributed by atoms with Gasteiger partial charge in [-0.05, 0) is 37.5 Å². The fourth-order valence-corrected chi connectivity index (χ4v) is 2.05. The van der Waals surface area contributed by atoms with Crippen molar-refractivity contribution in [3.05, 3.63) is 34.9 Å². The third-order valence-electron chi connectivity index (χ3n) is 3.29. The molecule has 3 nitrogen and oxygen atoms in total. The Morgan fingerprint density at radius 3 is 2.28 bits per heavy atom. The van der Waals surface area contributed by atoms with E-state index in [-0.39, 0.29) is 6.29 Å². The predicted molar refractivity (Wildman–Crippen MR) is 72.7 cm³/mol. The van der Waals surface area contributed by atoms with E-state index in [0.29, 0.717) is 12.8 Å². The van der Waals surface area contributed by atoms with E-state index in [2.05, 4.69) is 32.0 Å². The summed E-state index contributed by atoms with van der Waals surface area (Å²) in [6.45, 7) is 5.98. The van der Waals surface area contributed by atoms with E-state index in [1.165, 1.54) is 11.1 Å².